The number of halogens is 4. The highest BCUT2D eigenvalue weighted by molar-refractivity contribution is 6.52. The van der Waals surface area contributed by atoms with Gasteiger partial charge in [-0.05, 0) is 0 Å². The van der Waals surface area contributed by atoms with Crippen molar-refractivity contribution >= 4 is 58.1 Å². The van der Waals surface area contributed by atoms with E-state index in [0.717, 1.165) is 0 Å². The SMILES string of the molecule is Nc1c(Cl)c(Cl)c(C(=O)O)c(Cl)c1Cl. The lowest BCUT2D eigenvalue weighted by Crippen LogP contribution is -2.02. The van der Waals surface area contributed by atoms with Gasteiger partial charge in [0.1, 0.15) is 0 Å². The third-order valence-electron chi connectivity index (χ3n) is 1.51. The molecule has 3 N–H and O–H groups in total. The zero-order chi connectivity index (χ0) is 11.0. The van der Waals surface area contributed by atoms with Crippen LogP contribution in [-0.4, -0.2) is 11.1 Å². The highest BCUT2D eigenvalue weighted by Gasteiger charge is 2.22. The highest BCUT2D eigenvalue weighted by Crippen LogP contribution is 2.42. The topological polar surface area (TPSA) is 63.3 Å². The molecule has 0 unspecified atom stereocenters. The van der Waals surface area contributed by atoms with Crippen LogP contribution < -0.4 is 5.73 Å². The minimum atomic E-state index is -1.32. The monoisotopic (exact) mass is 273 g/mol. The fourth-order valence-electron chi connectivity index (χ4n) is 0.836. The van der Waals surface area contributed by atoms with Crippen molar-refractivity contribution in [2.45, 2.75) is 0 Å². The number of carboxylic acid groups (broad SMARTS) is 1. The van der Waals surface area contributed by atoms with Gasteiger partial charge in [-0.2, -0.15) is 0 Å². The summed E-state index contributed by atoms with van der Waals surface area (Å²) >= 11 is 22.6. The van der Waals surface area contributed by atoms with Crippen LogP contribution in [0.2, 0.25) is 20.1 Å². The Morgan fingerprint density at radius 2 is 1.36 bits per heavy atom. The van der Waals surface area contributed by atoms with Gasteiger partial charge in [0.2, 0.25) is 0 Å². The molecule has 0 bridgehead atoms. The summed E-state index contributed by atoms with van der Waals surface area (Å²) < 4.78 is 0. The number of carbonyl (C=O) groups is 1. The summed E-state index contributed by atoms with van der Waals surface area (Å²) in [5, 5.41) is 8.10. The van der Waals surface area contributed by atoms with Crippen molar-refractivity contribution in [3.8, 4) is 0 Å². The summed E-state index contributed by atoms with van der Waals surface area (Å²) in [7, 11) is 0. The van der Waals surface area contributed by atoms with E-state index >= 15 is 0 Å². The molecule has 76 valence electrons. The van der Waals surface area contributed by atoms with Gasteiger partial charge in [-0.3, -0.25) is 0 Å². The van der Waals surface area contributed by atoms with Crippen LogP contribution >= 0.6 is 46.4 Å². The van der Waals surface area contributed by atoms with Crippen LogP contribution in [0.1, 0.15) is 10.4 Å². The molecule has 0 aliphatic carbocycles. The van der Waals surface area contributed by atoms with Crippen LogP contribution in [0, 0.1) is 0 Å². The van der Waals surface area contributed by atoms with E-state index < -0.39 is 5.97 Å². The van der Waals surface area contributed by atoms with Crippen molar-refractivity contribution in [3.05, 3.63) is 25.7 Å². The molecule has 1 aromatic carbocycles. The normalized spacial score (nSPS) is 10.3. The molecule has 3 nitrogen and oxygen atoms in total. The first-order valence-electron chi connectivity index (χ1n) is 3.22. The van der Waals surface area contributed by atoms with Gasteiger partial charge in [-0.25, -0.2) is 4.79 Å². The second-order valence-corrected chi connectivity index (χ2v) is 3.86. The molecule has 0 saturated carbocycles. The number of anilines is 1. The van der Waals surface area contributed by atoms with Crippen molar-refractivity contribution in [2.75, 3.05) is 5.73 Å². The van der Waals surface area contributed by atoms with Gasteiger partial charge in [0.05, 0.1) is 31.3 Å². The Bertz CT molecular complexity index is 390. The van der Waals surface area contributed by atoms with E-state index in [9.17, 15) is 4.79 Å². The number of hydrogen-bond acceptors (Lipinski definition) is 2. The summed E-state index contributed by atoms with van der Waals surface area (Å²) in [5.74, 6) is -1.32. The maximum atomic E-state index is 10.7. The van der Waals surface area contributed by atoms with Crippen molar-refractivity contribution in [1.29, 1.82) is 0 Å². The maximum absolute atomic E-state index is 10.7. The fraction of sp³-hybridized carbons (Fsp3) is 0. The number of aromatic carboxylic acids is 1. The summed E-state index contributed by atoms with van der Waals surface area (Å²) in [6.45, 7) is 0. The van der Waals surface area contributed by atoms with E-state index in [1.165, 1.54) is 0 Å². The van der Waals surface area contributed by atoms with Crippen LogP contribution in [-0.2, 0) is 0 Å². The van der Waals surface area contributed by atoms with Gasteiger partial charge in [-0.15, -0.1) is 0 Å². The minimum absolute atomic E-state index is 0.0340. The second kappa shape index (κ2) is 4.03. The number of rotatable bonds is 1. The first kappa shape index (κ1) is 11.7. The Morgan fingerprint density at radius 1 is 1.00 bits per heavy atom. The third kappa shape index (κ3) is 1.73. The molecule has 0 fully saturated rings. The largest absolute Gasteiger partial charge is 0.478 e. The molecular weight excluding hydrogens is 272 g/mol. The Kier molecular flexibility index (Phi) is 3.37. The average Bonchev–Trinajstić information content (AvgIpc) is 2.11. The molecule has 0 radical (unpaired) electrons. The average molecular weight is 275 g/mol. The maximum Gasteiger partial charge on any atom is 0.338 e. The minimum Gasteiger partial charge on any atom is -0.478 e. The van der Waals surface area contributed by atoms with Crippen LogP contribution in [0.25, 0.3) is 0 Å². The van der Waals surface area contributed by atoms with E-state index in [1.807, 2.05) is 0 Å². The second-order valence-electron chi connectivity index (χ2n) is 2.35. The van der Waals surface area contributed by atoms with Crippen LogP contribution in [0.15, 0.2) is 0 Å². The Labute approximate surface area is 99.3 Å². The van der Waals surface area contributed by atoms with Gasteiger partial charge >= 0.3 is 5.97 Å². The molecule has 7 heteroatoms. The Morgan fingerprint density at radius 3 is 1.64 bits per heavy atom. The summed E-state index contributed by atoms with van der Waals surface area (Å²) in [5.41, 5.74) is 5.04. The predicted molar refractivity (Wildman–Crippen MR) is 57.9 cm³/mol. The molecule has 0 atom stereocenters. The van der Waals surface area contributed by atoms with Gasteiger partial charge in [-0.1, -0.05) is 46.4 Å². The predicted octanol–water partition coefficient (Wildman–Crippen LogP) is 3.58. The molecule has 1 rings (SSSR count). The third-order valence-corrected chi connectivity index (χ3v) is 3.25. The van der Waals surface area contributed by atoms with Crippen molar-refractivity contribution in [2.24, 2.45) is 0 Å². The smallest absolute Gasteiger partial charge is 0.338 e. The fourth-order valence-corrected chi connectivity index (χ4v) is 1.87. The van der Waals surface area contributed by atoms with Gasteiger partial charge in [0.15, 0.2) is 0 Å². The standard InChI is InChI=1S/C7H3Cl4NO2/c8-2-1(7(13)14)3(9)5(11)6(12)4(2)10/h12H2,(H,13,14). The van der Waals surface area contributed by atoms with Crippen molar-refractivity contribution in [3.63, 3.8) is 0 Å². The highest BCUT2D eigenvalue weighted by atomic mass is 35.5. The molecular formula is C7H3Cl4NO2. The molecule has 1 aromatic rings. The lowest BCUT2D eigenvalue weighted by Gasteiger charge is -2.09. The molecule has 0 spiro atoms. The molecule has 0 saturated heterocycles. The van der Waals surface area contributed by atoms with Crippen LogP contribution in [0.5, 0.6) is 0 Å². The number of hydrogen-bond donors (Lipinski definition) is 2. The summed E-state index contributed by atoms with van der Waals surface area (Å²) in [6.07, 6.45) is 0. The van der Waals surface area contributed by atoms with E-state index in [2.05, 4.69) is 0 Å². The zero-order valence-corrected chi connectivity index (χ0v) is 9.47. The van der Waals surface area contributed by atoms with E-state index in [1.54, 1.807) is 0 Å². The Balaban J connectivity index is 3.68. The van der Waals surface area contributed by atoms with Crippen molar-refractivity contribution < 1.29 is 9.90 Å². The molecule has 0 amide bonds. The first-order valence-corrected chi connectivity index (χ1v) is 4.73. The first-order chi connectivity index (χ1) is 6.37. The lowest BCUT2D eigenvalue weighted by molar-refractivity contribution is 0.0697. The van der Waals surface area contributed by atoms with E-state index in [-0.39, 0.29) is 31.3 Å². The van der Waals surface area contributed by atoms with Crippen LogP contribution in [0.4, 0.5) is 5.69 Å². The quantitative estimate of drug-likeness (QED) is 0.608. The number of nitrogens with two attached hydrogens (primary N) is 1. The van der Waals surface area contributed by atoms with Gasteiger partial charge in [0.25, 0.3) is 0 Å². The summed E-state index contributed by atoms with van der Waals surface area (Å²) in [4.78, 5) is 10.7. The molecule has 0 aromatic heterocycles. The molecule has 14 heavy (non-hydrogen) atoms. The molecule has 0 heterocycles. The number of carboxylic acids is 1. The van der Waals surface area contributed by atoms with E-state index in [0.29, 0.717) is 0 Å². The van der Waals surface area contributed by atoms with Gasteiger partial charge in [0, 0.05) is 0 Å². The lowest BCUT2D eigenvalue weighted by atomic mass is 10.2. The molecule has 0 aliphatic rings. The number of nitrogen functional groups attached to an aromatic ring is 1. The summed E-state index contributed by atoms with van der Waals surface area (Å²) in [6, 6.07) is 0. The van der Waals surface area contributed by atoms with E-state index in [4.69, 9.17) is 57.2 Å². The van der Waals surface area contributed by atoms with Crippen molar-refractivity contribution in [1.82, 2.24) is 0 Å². The molecule has 0 aliphatic heterocycles. The zero-order valence-electron chi connectivity index (χ0n) is 6.44. The van der Waals surface area contributed by atoms with Crippen LogP contribution in [0.3, 0.4) is 0 Å². The Hall–Kier alpha value is -0.350. The number of benzene rings is 1. The van der Waals surface area contributed by atoms with Gasteiger partial charge < -0.3 is 10.8 Å².